The first-order chi connectivity index (χ1) is 13.5. The highest BCUT2D eigenvalue weighted by molar-refractivity contribution is 5.91. The number of hydrogen-bond donors (Lipinski definition) is 3. The molecule has 147 valence electrons. The van der Waals surface area contributed by atoms with Crippen LogP contribution in [0.25, 0.3) is 22.2 Å². The summed E-state index contributed by atoms with van der Waals surface area (Å²) in [6, 6.07) is 11.8. The first-order valence-corrected chi connectivity index (χ1v) is 9.45. The smallest absolute Gasteiger partial charge is 0.265 e. The zero-order chi connectivity index (χ0) is 20.1. The van der Waals surface area contributed by atoms with Crippen molar-refractivity contribution in [1.29, 1.82) is 0 Å². The highest BCUT2D eigenvalue weighted by atomic mass is 16.5. The van der Waals surface area contributed by atoms with Crippen molar-refractivity contribution >= 4 is 16.8 Å². The molecule has 28 heavy (non-hydrogen) atoms. The number of H-pyrrole nitrogens is 2. The van der Waals surface area contributed by atoms with E-state index in [-0.39, 0.29) is 5.69 Å². The van der Waals surface area contributed by atoms with Crippen LogP contribution in [0.1, 0.15) is 30.8 Å². The molecule has 1 radical (unpaired) electrons. The number of amides is 1. The molecule has 0 saturated carbocycles. The fourth-order valence-electron chi connectivity index (χ4n) is 3.12. The maximum atomic E-state index is 12.2. The Labute approximate surface area is 163 Å². The maximum absolute atomic E-state index is 12.2. The maximum Gasteiger partial charge on any atom is 0.265 e. The van der Waals surface area contributed by atoms with Gasteiger partial charge in [0.05, 0.1) is 17.9 Å². The number of ether oxygens (including phenoxy) is 1. The monoisotopic (exact) mass is 381 g/mol. The van der Waals surface area contributed by atoms with Crippen LogP contribution in [-0.2, 0) is 0 Å². The molecule has 7 nitrogen and oxygen atoms in total. The lowest BCUT2D eigenvalue weighted by Gasteiger charge is -2.17. The molecule has 0 aliphatic carbocycles. The molecule has 3 aromatic rings. The summed E-state index contributed by atoms with van der Waals surface area (Å²) in [5.41, 5.74) is 6.66. The predicted molar refractivity (Wildman–Crippen MR) is 110 cm³/mol. The number of rotatable bonds is 9. The van der Waals surface area contributed by atoms with Gasteiger partial charge in [0.25, 0.3) is 11.5 Å². The molecule has 0 aliphatic heterocycles. The van der Waals surface area contributed by atoms with Gasteiger partial charge in [-0.05, 0) is 49.8 Å². The summed E-state index contributed by atoms with van der Waals surface area (Å²) in [5, 5.41) is 0.939. The van der Waals surface area contributed by atoms with Gasteiger partial charge in [0.2, 0.25) is 0 Å². The van der Waals surface area contributed by atoms with E-state index in [1.807, 2.05) is 24.3 Å². The number of nitrogens with one attached hydrogen (secondary N) is 2. The van der Waals surface area contributed by atoms with Crippen molar-refractivity contribution in [3.63, 3.8) is 0 Å². The Kier molecular flexibility index (Phi) is 6.16. The molecule has 0 unspecified atom stereocenters. The third kappa shape index (κ3) is 4.43. The largest absolute Gasteiger partial charge is 0.494 e. The third-order valence-corrected chi connectivity index (χ3v) is 4.75. The fraction of sp³-hybridized carbons (Fsp3) is 0.333. The number of fused-ring (bicyclic) bond motifs is 1. The number of carbonyl (C=O) groups excluding carboxylic acids is 1. The lowest BCUT2D eigenvalue weighted by atomic mass is 10.1. The van der Waals surface area contributed by atoms with Crippen molar-refractivity contribution in [2.45, 2.75) is 20.3 Å². The Morgan fingerprint density at radius 2 is 2.00 bits per heavy atom. The van der Waals surface area contributed by atoms with Crippen molar-refractivity contribution in [2.75, 3.05) is 26.2 Å². The first-order valence-electron chi connectivity index (χ1n) is 9.45. The third-order valence-electron chi connectivity index (χ3n) is 4.75. The Hall–Kier alpha value is -3.06. The average molecular weight is 381 g/mol. The molecule has 0 fully saturated rings. The Morgan fingerprint density at radius 3 is 2.68 bits per heavy atom. The van der Waals surface area contributed by atoms with Crippen LogP contribution in [0.5, 0.6) is 5.75 Å². The van der Waals surface area contributed by atoms with E-state index < -0.39 is 11.5 Å². The van der Waals surface area contributed by atoms with Gasteiger partial charge in [0.1, 0.15) is 11.4 Å². The second-order valence-electron chi connectivity index (χ2n) is 6.56. The Bertz CT molecular complexity index is 1020. The zero-order valence-electron chi connectivity index (χ0n) is 16.2. The molecule has 3 rings (SSSR count). The summed E-state index contributed by atoms with van der Waals surface area (Å²) >= 11 is 0. The van der Waals surface area contributed by atoms with Gasteiger partial charge in [-0.15, -0.1) is 0 Å². The van der Waals surface area contributed by atoms with Crippen LogP contribution in [0.4, 0.5) is 0 Å². The van der Waals surface area contributed by atoms with Crippen LogP contribution in [0.2, 0.25) is 0 Å². The van der Waals surface area contributed by atoms with Crippen molar-refractivity contribution in [3.05, 3.63) is 52.4 Å². The average Bonchev–Trinajstić information content (AvgIpc) is 3.11. The summed E-state index contributed by atoms with van der Waals surface area (Å²) < 4.78 is 5.87. The summed E-state index contributed by atoms with van der Waals surface area (Å²) in [5.74, 6) is 0.0743. The van der Waals surface area contributed by atoms with E-state index in [1.165, 1.54) is 6.07 Å². The highest BCUT2D eigenvalue weighted by Crippen LogP contribution is 2.25. The van der Waals surface area contributed by atoms with Crippen molar-refractivity contribution in [2.24, 2.45) is 5.73 Å². The second kappa shape index (κ2) is 8.75. The standard InChI is InChI=1S/C21H25N4O3/c1-3-25(4-2)10-5-11-28-15-6-8-17-14(12-15)13-19(23-17)16-7-9-18(20(22)26)24-21(16)27/h6-8,12-13,23H,3-5,10-11H2,1-2H3,(H2,22,26)(H,24,27). The van der Waals surface area contributed by atoms with E-state index >= 15 is 0 Å². The fourth-order valence-corrected chi connectivity index (χ4v) is 3.12. The topological polar surface area (TPSA) is 104 Å². The number of pyridine rings is 1. The molecule has 0 spiro atoms. The normalized spacial score (nSPS) is 11.2. The van der Waals surface area contributed by atoms with Crippen molar-refractivity contribution < 1.29 is 9.53 Å². The van der Waals surface area contributed by atoms with Gasteiger partial charge in [0.15, 0.2) is 0 Å². The second-order valence-corrected chi connectivity index (χ2v) is 6.56. The van der Waals surface area contributed by atoms with E-state index in [9.17, 15) is 9.59 Å². The molecule has 0 atom stereocenters. The number of aromatic nitrogens is 2. The molecule has 0 saturated heterocycles. The number of benzene rings is 1. The van der Waals surface area contributed by atoms with Crippen LogP contribution in [0, 0.1) is 6.07 Å². The van der Waals surface area contributed by atoms with Gasteiger partial charge in [0, 0.05) is 23.5 Å². The van der Waals surface area contributed by atoms with Crippen LogP contribution in [-0.4, -0.2) is 47.0 Å². The first kappa shape index (κ1) is 19.7. The number of primary amides is 1. The van der Waals surface area contributed by atoms with Crippen molar-refractivity contribution in [3.8, 4) is 17.0 Å². The van der Waals surface area contributed by atoms with Gasteiger partial charge in [-0.2, -0.15) is 0 Å². The lowest BCUT2D eigenvalue weighted by molar-refractivity contribution is 0.0995. The minimum Gasteiger partial charge on any atom is -0.494 e. The van der Waals surface area contributed by atoms with Gasteiger partial charge >= 0.3 is 0 Å². The molecule has 7 heteroatoms. The molecule has 2 heterocycles. The summed E-state index contributed by atoms with van der Waals surface area (Å²) in [7, 11) is 0. The van der Waals surface area contributed by atoms with Gasteiger partial charge in [-0.1, -0.05) is 13.8 Å². The molecule has 0 aliphatic rings. The molecular weight excluding hydrogens is 356 g/mol. The van der Waals surface area contributed by atoms with Gasteiger partial charge in [-0.3, -0.25) is 9.59 Å². The van der Waals surface area contributed by atoms with Gasteiger partial charge < -0.3 is 25.3 Å². The summed E-state index contributed by atoms with van der Waals surface area (Å²) in [4.78, 5) is 31.4. The van der Waals surface area contributed by atoms with E-state index in [1.54, 1.807) is 0 Å². The highest BCUT2D eigenvalue weighted by Gasteiger charge is 2.11. The number of nitrogens with zero attached hydrogens (tertiary/aromatic N) is 1. The lowest BCUT2D eigenvalue weighted by Crippen LogP contribution is -2.25. The summed E-state index contributed by atoms with van der Waals surface area (Å²) in [6.45, 7) is 8.09. The minimum absolute atomic E-state index is 0.0368. The zero-order valence-corrected chi connectivity index (χ0v) is 16.2. The minimum atomic E-state index is -0.719. The number of carbonyl (C=O) groups is 1. The SMILES string of the molecule is CCN(CC)CCCOc1ccc2[nH]c(-c3c[c]c(C(N)=O)[nH]c3=O)cc2c1. The van der Waals surface area contributed by atoms with E-state index in [4.69, 9.17) is 10.5 Å². The van der Waals surface area contributed by atoms with Crippen molar-refractivity contribution in [1.82, 2.24) is 14.9 Å². The molecule has 4 N–H and O–H groups in total. The Balaban J connectivity index is 1.73. The van der Waals surface area contributed by atoms with E-state index in [0.29, 0.717) is 17.9 Å². The number of hydrogen-bond acceptors (Lipinski definition) is 4. The molecule has 1 aromatic carbocycles. The number of aromatic amines is 2. The van der Waals surface area contributed by atoms with Crippen LogP contribution >= 0.6 is 0 Å². The van der Waals surface area contributed by atoms with Crippen LogP contribution in [0.15, 0.2) is 35.1 Å². The Morgan fingerprint density at radius 1 is 1.21 bits per heavy atom. The molecular formula is C21H25N4O3. The predicted octanol–water partition coefficient (Wildman–Crippen LogP) is 2.53. The quantitative estimate of drug-likeness (QED) is 0.495. The number of nitrogens with two attached hydrogens (primary N) is 1. The molecule has 1 amide bonds. The molecule has 0 bridgehead atoms. The van der Waals surface area contributed by atoms with Gasteiger partial charge in [-0.25, -0.2) is 0 Å². The van der Waals surface area contributed by atoms with Crippen LogP contribution < -0.4 is 16.0 Å². The van der Waals surface area contributed by atoms with Crippen LogP contribution in [0.3, 0.4) is 0 Å². The molecule has 2 aromatic heterocycles. The summed E-state index contributed by atoms with van der Waals surface area (Å²) in [6.07, 6.45) is 0.968. The van der Waals surface area contributed by atoms with E-state index in [2.05, 4.69) is 34.8 Å². The van der Waals surface area contributed by atoms with E-state index in [0.717, 1.165) is 42.7 Å².